The van der Waals surface area contributed by atoms with Crippen molar-refractivity contribution in [3.8, 4) is 28.7 Å². The van der Waals surface area contributed by atoms with Gasteiger partial charge in [0.15, 0.2) is 0 Å². The van der Waals surface area contributed by atoms with Crippen molar-refractivity contribution in [3.63, 3.8) is 0 Å². The number of hydrogen-bond donors (Lipinski definition) is 2. The van der Waals surface area contributed by atoms with Crippen LogP contribution in [0.25, 0.3) is 11.1 Å². The fourth-order valence-corrected chi connectivity index (χ4v) is 6.13. The molecule has 0 spiro atoms. The van der Waals surface area contributed by atoms with Crippen LogP contribution in [0.2, 0.25) is 5.02 Å². The molecule has 1 atom stereocenters. The van der Waals surface area contributed by atoms with Gasteiger partial charge in [0.1, 0.15) is 24.7 Å². The van der Waals surface area contributed by atoms with Gasteiger partial charge >= 0.3 is 0 Å². The summed E-state index contributed by atoms with van der Waals surface area (Å²) in [5, 5.41) is 12.9. The Morgan fingerprint density at radius 3 is 2.59 bits per heavy atom. The molecular weight excluding hydrogens is 596 g/mol. The van der Waals surface area contributed by atoms with Crippen LogP contribution in [0.15, 0.2) is 84.9 Å². The van der Waals surface area contributed by atoms with Gasteiger partial charge in [0.05, 0.1) is 22.7 Å². The Kier molecular flexibility index (Phi) is 11.7. The van der Waals surface area contributed by atoms with Crippen LogP contribution in [0.1, 0.15) is 53.5 Å². The summed E-state index contributed by atoms with van der Waals surface area (Å²) in [6, 6.07) is 29.6. The lowest BCUT2D eigenvalue weighted by atomic mass is 9.97. The maximum Gasteiger partial charge on any atom is 0.237 e. The molecule has 1 saturated heterocycles. The summed E-state index contributed by atoms with van der Waals surface area (Å²) >= 11 is 6.87. The van der Waals surface area contributed by atoms with E-state index in [1.54, 1.807) is 6.07 Å². The minimum absolute atomic E-state index is 0.0306. The first-order valence-corrected chi connectivity index (χ1v) is 16.3. The molecule has 7 nitrogen and oxygen atoms in total. The molecule has 8 heteroatoms. The second-order valence-corrected chi connectivity index (χ2v) is 12.1. The number of nitrogens with one attached hydrogen (secondary N) is 1. The molecule has 238 valence electrons. The van der Waals surface area contributed by atoms with Crippen LogP contribution in [-0.2, 0) is 24.6 Å². The predicted molar refractivity (Wildman–Crippen MR) is 183 cm³/mol. The van der Waals surface area contributed by atoms with E-state index in [1.165, 1.54) is 0 Å². The Labute approximate surface area is 276 Å². The van der Waals surface area contributed by atoms with Crippen LogP contribution in [0.4, 0.5) is 0 Å². The van der Waals surface area contributed by atoms with E-state index in [-0.39, 0.29) is 18.6 Å². The van der Waals surface area contributed by atoms with E-state index >= 15 is 0 Å². The number of hydrogen-bond acceptors (Lipinski definition) is 6. The number of carbonyl (C=O) groups excluding carboxylic acids is 1. The third kappa shape index (κ3) is 8.46. The minimum atomic E-state index is -0.235. The van der Waals surface area contributed by atoms with Crippen LogP contribution in [-0.4, -0.2) is 36.5 Å². The number of benzene rings is 4. The van der Waals surface area contributed by atoms with E-state index in [4.69, 9.17) is 26.8 Å². The van der Waals surface area contributed by atoms with Crippen molar-refractivity contribution in [1.82, 2.24) is 10.2 Å². The average Bonchev–Trinajstić information content (AvgIpc) is 3.08. The van der Waals surface area contributed by atoms with Crippen LogP contribution in [0.3, 0.4) is 0 Å². The number of nitriles is 1. The van der Waals surface area contributed by atoms with Crippen molar-refractivity contribution in [2.75, 3.05) is 19.6 Å². The number of nitrogens with zero attached hydrogens (tertiary/aromatic N) is 2. The molecule has 4 aromatic carbocycles. The molecule has 1 amide bonds. The van der Waals surface area contributed by atoms with Gasteiger partial charge in [-0.15, -0.1) is 0 Å². The Balaban J connectivity index is 1.39. The van der Waals surface area contributed by atoms with Crippen molar-refractivity contribution in [2.45, 2.75) is 58.4 Å². The third-order valence-corrected chi connectivity index (χ3v) is 8.74. The van der Waals surface area contributed by atoms with Gasteiger partial charge < -0.3 is 20.5 Å². The molecular formula is C38H41ClN4O3. The molecule has 0 aliphatic carbocycles. The summed E-state index contributed by atoms with van der Waals surface area (Å²) in [5.74, 6) is 1.18. The summed E-state index contributed by atoms with van der Waals surface area (Å²) in [5.41, 5.74) is 12.5. The van der Waals surface area contributed by atoms with Crippen LogP contribution < -0.4 is 20.5 Å². The fourth-order valence-electron chi connectivity index (χ4n) is 5.89. The van der Waals surface area contributed by atoms with E-state index in [9.17, 15) is 10.1 Å². The number of amides is 1. The van der Waals surface area contributed by atoms with Crippen molar-refractivity contribution in [1.29, 1.82) is 5.26 Å². The van der Waals surface area contributed by atoms with Crippen LogP contribution in [0, 0.1) is 18.3 Å². The summed E-state index contributed by atoms with van der Waals surface area (Å²) in [7, 11) is 0. The topological polar surface area (TPSA) is 101 Å². The quantitative estimate of drug-likeness (QED) is 0.151. The minimum Gasteiger partial charge on any atom is -0.488 e. The van der Waals surface area contributed by atoms with E-state index in [2.05, 4.69) is 47.5 Å². The summed E-state index contributed by atoms with van der Waals surface area (Å²) < 4.78 is 12.7. The highest BCUT2D eigenvalue weighted by molar-refractivity contribution is 6.32. The zero-order chi connectivity index (χ0) is 32.3. The maximum absolute atomic E-state index is 13.1. The normalized spacial score (nSPS) is 14.8. The molecule has 1 heterocycles. The molecule has 0 radical (unpaired) electrons. The van der Waals surface area contributed by atoms with Gasteiger partial charge in [-0.1, -0.05) is 78.7 Å². The molecule has 1 aliphatic heterocycles. The molecule has 0 saturated carbocycles. The number of likely N-dealkylation sites (tertiary alicyclic amines) is 1. The molecule has 0 aromatic heterocycles. The molecule has 1 fully saturated rings. The Morgan fingerprint density at radius 2 is 1.78 bits per heavy atom. The zero-order valence-corrected chi connectivity index (χ0v) is 27.1. The molecule has 1 unspecified atom stereocenters. The Bertz CT molecular complexity index is 1670. The number of carbonyl (C=O) groups is 1. The first-order valence-electron chi connectivity index (χ1n) is 15.9. The molecule has 4 aromatic rings. The predicted octanol–water partition coefficient (Wildman–Crippen LogP) is 7.16. The fraction of sp³-hybridized carbons (Fsp3) is 0.316. The lowest BCUT2D eigenvalue weighted by molar-refractivity contribution is -0.127. The van der Waals surface area contributed by atoms with E-state index in [1.807, 2.05) is 54.6 Å². The first-order chi connectivity index (χ1) is 22.5. The van der Waals surface area contributed by atoms with Gasteiger partial charge in [-0.2, -0.15) is 5.26 Å². The number of ether oxygens (including phenoxy) is 2. The average molecular weight is 637 g/mol. The smallest absolute Gasteiger partial charge is 0.237 e. The monoisotopic (exact) mass is 636 g/mol. The highest BCUT2D eigenvalue weighted by Crippen LogP contribution is 2.36. The third-order valence-electron chi connectivity index (χ3n) is 8.45. The lowest BCUT2D eigenvalue weighted by Crippen LogP contribution is -2.49. The number of nitrogens with two attached hydrogens (primary N) is 1. The number of piperidine rings is 1. The molecule has 0 bridgehead atoms. The van der Waals surface area contributed by atoms with Crippen LogP contribution in [0.5, 0.6) is 11.5 Å². The SMILES string of the molecule is Cc1c(COc2cc(OCc3cccc(C#N)c3)c(CN3CCCCC3C(=O)NCCCN)cc2Cl)cccc1-c1ccccc1. The maximum atomic E-state index is 13.1. The van der Waals surface area contributed by atoms with E-state index < -0.39 is 0 Å². The largest absolute Gasteiger partial charge is 0.488 e. The molecule has 3 N–H and O–H groups in total. The molecule has 46 heavy (non-hydrogen) atoms. The van der Waals surface area contributed by atoms with Gasteiger partial charge in [0, 0.05) is 24.7 Å². The first kappa shape index (κ1) is 33.0. The summed E-state index contributed by atoms with van der Waals surface area (Å²) in [6.45, 7) is 5.12. The second kappa shape index (κ2) is 16.3. The lowest BCUT2D eigenvalue weighted by Gasteiger charge is -2.35. The van der Waals surface area contributed by atoms with Gasteiger partial charge in [-0.25, -0.2) is 0 Å². The van der Waals surface area contributed by atoms with Gasteiger partial charge in [0.2, 0.25) is 5.91 Å². The zero-order valence-electron chi connectivity index (χ0n) is 26.3. The Hall–Kier alpha value is -4.35. The highest BCUT2D eigenvalue weighted by atomic mass is 35.5. The van der Waals surface area contributed by atoms with Crippen molar-refractivity contribution in [2.24, 2.45) is 5.73 Å². The van der Waals surface area contributed by atoms with Crippen molar-refractivity contribution >= 4 is 17.5 Å². The van der Waals surface area contributed by atoms with E-state index in [0.717, 1.165) is 65.6 Å². The summed E-state index contributed by atoms with van der Waals surface area (Å²) in [4.78, 5) is 15.3. The number of halogens is 1. The molecule has 1 aliphatic rings. The van der Waals surface area contributed by atoms with Crippen molar-refractivity contribution < 1.29 is 14.3 Å². The van der Waals surface area contributed by atoms with Crippen LogP contribution >= 0.6 is 11.6 Å². The van der Waals surface area contributed by atoms with Gasteiger partial charge in [-0.05, 0) is 85.3 Å². The van der Waals surface area contributed by atoms with Gasteiger partial charge in [0.25, 0.3) is 0 Å². The van der Waals surface area contributed by atoms with Gasteiger partial charge in [-0.3, -0.25) is 9.69 Å². The molecule has 5 rings (SSSR count). The standard InChI is InChI=1S/C38H41ClN4O3/c1-27-31(14-8-15-33(27)30-12-3-2-4-13-30)26-46-37-22-36(45-25-29-11-7-10-28(20-29)23-41)32(21-34(37)39)24-43-19-6-5-16-35(43)38(44)42-18-9-17-40/h2-4,7-8,10-15,20-22,35H,5-6,9,16-19,24-26,40H2,1H3,(H,42,44). The van der Waals surface area contributed by atoms with Crippen molar-refractivity contribution in [3.05, 3.63) is 118 Å². The van der Waals surface area contributed by atoms with E-state index in [0.29, 0.717) is 48.3 Å². The second-order valence-electron chi connectivity index (χ2n) is 11.7. The highest BCUT2D eigenvalue weighted by Gasteiger charge is 2.29. The summed E-state index contributed by atoms with van der Waals surface area (Å²) in [6.07, 6.45) is 3.56. The Morgan fingerprint density at radius 1 is 0.978 bits per heavy atom. The number of rotatable bonds is 13.